The van der Waals surface area contributed by atoms with Gasteiger partial charge in [-0.25, -0.2) is 8.42 Å². The molecule has 0 saturated carbocycles. The Hall–Kier alpha value is -1.66. The van der Waals surface area contributed by atoms with Crippen molar-refractivity contribution in [2.24, 2.45) is 5.92 Å². The van der Waals surface area contributed by atoms with Gasteiger partial charge in [0.2, 0.25) is 15.9 Å². The molecule has 0 aliphatic carbocycles. The minimum absolute atomic E-state index is 0.0192. The van der Waals surface area contributed by atoms with Crippen molar-refractivity contribution < 1.29 is 13.2 Å². The Morgan fingerprint density at radius 1 is 1.30 bits per heavy atom. The smallest absolute Gasteiger partial charge is 0.243 e. The summed E-state index contributed by atoms with van der Waals surface area (Å²) in [5.41, 5.74) is 1.11. The lowest BCUT2D eigenvalue weighted by Gasteiger charge is -2.30. The first-order valence-corrected chi connectivity index (χ1v) is 9.40. The lowest BCUT2D eigenvalue weighted by atomic mass is 9.97. The molecule has 1 saturated heterocycles. The Balaban J connectivity index is 2.00. The number of nitrogens with one attached hydrogen (secondary N) is 1. The van der Waals surface area contributed by atoms with Gasteiger partial charge < -0.3 is 5.32 Å². The van der Waals surface area contributed by atoms with Gasteiger partial charge >= 0.3 is 0 Å². The van der Waals surface area contributed by atoms with Crippen molar-refractivity contribution in [1.82, 2.24) is 9.62 Å². The third-order valence-electron chi connectivity index (χ3n) is 4.21. The highest BCUT2D eigenvalue weighted by atomic mass is 32.2. The number of hydrogen-bond acceptors (Lipinski definition) is 3. The summed E-state index contributed by atoms with van der Waals surface area (Å²) in [6, 6.07) is 7.03. The standard InChI is InChI=1S/C17H24N2O3S/c1-3-11-18-17(20)15-9-12-19(13-10-15)23(21,22)16-7-5-14(4-2)6-8-16/h3,5-8,15H,1,4,9-13H2,2H3,(H,18,20). The summed E-state index contributed by atoms with van der Waals surface area (Å²) in [6.45, 7) is 6.80. The predicted molar refractivity (Wildman–Crippen MR) is 90.5 cm³/mol. The van der Waals surface area contributed by atoms with Crippen LogP contribution in [0.15, 0.2) is 41.8 Å². The Labute approximate surface area is 138 Å². The molecule has 1 aromatic carbocycles. The number of carbonyl (C=O) groups excluding carboxylic acids is 1. The summed E-state index contributed by atoms with van der Waals surface area (Å²) in [6.07, 6.45) is 3.62. The van der Waals surface area contributed by atoms with Crippen LogP contribution in [0, 0.1) is 5.92 Å². The normalized spacial score (nSPS) is 16.9. The number of piperidine rings is 1. The maximum absolute atomic E-state index is 12.6. The topological polar surface area (TPSA) is 66.5 Å². The fraction of sp³-hybridized carbons (Fsp3) is 0.471. The van der Waals surface area contributed by atoms with E-state index >= 15 is 0 Å². The molecule has 6 heteroatoms. The van der Waals surface area contributed by atoms with E-state index in [0.717, 1.165) is 12.0 Å². The molecule has 1 amide bonds. The average Bonchev–Trinajstić information content (AvgIpc) is 2.59. The van der Waals surface area contributed by atoms with E-state index < -0.39 is 10.0 Å². The minimum atomic E-state index is -3.47. The van der Waals surface area contributed by atoms with E-state index in [1.807, 2.05) is 19.1 Å². The summed E-state index contributed by atoms with van der Waals surface area (Å²) in [5.74, 6) is -0.141. The number of nitrogens with zero attached hydrogens (tertiary/aromatic N) is 1. The maximum Gasteiger partial charge on any atom is 0.243 e. The molecule has 23 heavy (non-hydrogen) atoms. The van der Waals surface area contributed by atoms with Gasteiger partial charge in [-0.1, -0.05) is 25.1 Å². The Morgan fingerprint density at radius 3 is 2.43 bits per heavy atom. The molecule has 1 heterocycles. The Morgan fingerprint density at radius 2 is 1.91 bits per heavy atom. The molecule has 1 fully saturated rings. The molecule has 0 unspecified atom stereocenters. The third kappa shape index (κ3) is 4.20. The van der Waals surface area contributed by atoms with Crippen LogP contribution in [0.4, 0.5) is 0 Å². The van der Waals surface area contributed by atoms with E-state index in [1.54, 1.807) is 18.2 Å². The van der Waals surface area contributed by atoms with Gasteiger partial charge in [-0.05, 0) is 37.0 Å². The van der Waals surface area contributed by atoms with Gasteiger partial charge in [0.25, 0.3) is 0 Å². The monoisotopic (exact) mass is 336 g/mol. The van der Waals surface area contributed by atoms with Gasteiger partial charge in [-0.2, -0.15) is 4.31 Å². The average molecular weight is 336 g/mol. The van der Waals surface area contributed by atoms with Crippen LogP contribution in [0.25, 0.3) is 0 Å². The summed E-state index contributed by atoms with van der Waals surface area (Å²) >= 11 is 0. The molecule has 0 aromatic heterocycles. The molecule has 1 aliphatic heterocycles. The highest BCUT2D eigenvalue weighted by Crippen LogP contribution is 2.24. The SMILES string of the molecule is C=CCNC(=O)C1CCN(S(=O)(=O)c2ccc(CC)cc2)CC1. The first kappa shape index (κ1) is 17.7. The van der Waals surface area contributed by atoms with E-state index in [1.165, 1.54) is 4.31 Å². The highest BCUT2D eigenvalue weighted by molar-refractivity contribution is 7.89. The van der Waals surface area contributed by atoms with Crippen LogP contribution in [-0.4, -0.2) is 38.3 Å². The molecule has 1 aromatic rings. The maximum atomic E-state index is 12.6. The van der Waals surface area contributed by atoms with E-state index in [2.05, 4.69) is 11.9 Å². The van der Waals surface area contributed by atoms with Crippen molar-refractivity contribution in [3.8, 4) is 0 Å². The molecule has 1 aliphatic rings. The Bertz CT molecular complexity index is 645. The number of amides is 1. The summed E-state index contributed by atoms with van der Waals surface area (Å²) < 4.78 is 26.8. The van der Waals surface area contributed by atoms with E-state index in [-0.39, 0.29) is 11.8 Å². The number of sulfonamides is 1. The number of aryl methyl sites for hydroxylation is 1. The molecule has 0 atom stereocenters. The number of benzene rings is 1. The van der Waals surface area contributed by atoms with Crippen LogP contribution in [0.3, 0.4) is 0 Å². The fourth-order valence-electron chi connectivity index (χ4n) is 2.72. The van der Waals surface area contributed by atoms with Gasteiger partial charge in [0, 0.05) is 25.6 Å². The van der Waals surface area contributed by atoms with Crippen molar-refractivity contribution in [3.05, 3.63) is 42.5 Å². The van der Waals surface area contributed by atoms with Crippen LogP contribution >= 0.6 is 0 Å². The quantitative estimate of drug-likeness (QED) is 0.808. The van der Waals surface area contributed by atoms with Crippen LogP contribution < -0.4 is 5.32 Å². The van der Waals surface area contributed by atoms with Crippen LogP contribution in [0.1, 0.15) is 25.3 Å². The number of carbonyl (C=O) groups is 1. The fourth-order valence-corrected chi connectivity index (χ4v) is 4.19. The molecule has 0 radical (unpaired) electrons. The van der Waals surface area contributed by atoms with Crippen LogP contribution in [0.5, 0.6) is 0 Å². The van der Waals surface area contributed by atoms with Crippen LogP contribution in [0.2, 0.25) is 0 Å². The second-order valence-electron chi connectivity index (χ2n) is 5.71. The van der Waals surface area contributed by atoms with Gasteiger partial charge in [0.05, 0.1) is 4.90 Å². The van der Waals surface area contributed by atoms with Gasteiger partial charge in [-0.3, -0.25) is 4.79 Å². The van der Waals surface area contributed by atoms with Crippen LogP contribution in [-0.2, 0) is 21.2 Å². The summed E-state index contributed by atoms with van der Waals surface area (Å²) in [5, 5.41) is 2.78. The van der Waals surface area contributed by atoms with Gasteiger partial charge in [0.1, 0.15) is 0 Å². The van der Waals surface area contributed by atoms with E-state index in [0.29, 0.717) is 37.4 Å². The minimum Gasteiger partial charge on any atom is -0.352 e. The molecule has 2 rings (SSSR count). The van der Waals surface area contributed by atoms with E-state index in [4.69, 9.17) is 0 Å². The van der Waals surface area contributed by atoms with E-state index in [9.17, 15) is 13.2 Å². The van der Waals surface area contributed by atoms with Crippen molar-refractivity contribution >= 4 is 15.9 Å². The molecule has 0 bridgehead atoms. The van der Waals surface area contributed by atoms with Gasteiger partial charge in [-0.15, -0.1) is 6.58 Å². The zero-order valence-corrected chi connectivity index (χ0v) is 14.3. The lowest BCUT2D eigenvalue weighted by Crippen LogP contribution is -2.43. The van der Waals surface area contributed by atoms with Crippen molar-refractivity contribution in [2.75, 3.05) is 19.6 Å². The second kappa shape index (κ2) is 7.75. The van der Waals surface area contributed by atoms with Crippen molar-refractivity contribution in [2.45, 2.75) is 31.1 Å². The molecular weight excluding hydrogens is 312 g/mol. The number of hydrogen-bond donors (Lipinski definition) is 1. The zero-order chi connectivity index (χ0) is 16.9. The second-order valence-corrected chi connectivity index (χ2v) is 7.65. The number of rotatable bonds is 6. The third-order valence-corrected chi connectivity index (χ3v) is 6.13. The summed E-state index contributed by atoms with van der Waals surface area (Å²) in [4.78, 5) is 12.3. The first-order chi connectivity index (χ1) is 11.0. The molecule has 5 nitrogen and oxygen atoms in total. The lowest BCUT2D eigenvalue weighted by molar-refractivity contribution is -0.125. The summed E-state index contributed by atoms with van der Waals surface area (Å²) in [7, 11) is -3.47. The molecule has 0 spiro atoms. The van der Waals surface area contributed by atoms with Crippen molar-refractivity contribution in [3.63, 3.8) is 0 Å². The highest BCUT2D eigenvalue weighted by Gasteiger charge is 2.31. The Kier molecular flexibility index (Phi) is 5.96. The first-order valence-electron chi connectivity index (χ1n) is 7.96. The molecular formula is C17H24N2O3S. The van der Waals surface area contributed by atoms with Gasteiger partial charge in [0.15, 0.2) is 0 Å². The molecule has 126 valence electrons. The molecule has 1 N–H and O–H groups in total. The van der Waals surface area contributed by atoms with Crippen molar-refractivity contribution in [1.29, 1.82) is 0 Å². The predicted octanol–water partition coefficient (Wildman–Crippen LogP) is 1.95. The zero-order valence-electron chi connectivity index (χ0n) is 13.5. The largest absolute Gasteiger partial charge is 0.352 e.